The third-order valence-corrected chi connectivity index (χ3v) is 3.74. The maximum Gasteiger partial charge on any atom is 0.180 e. The van der Waals surface area contributed by atoms with E-state index in [1.54, 1.807) is 11.3 Å². The first-order valence-electron chi connectivity index (χ1n) is 5.24. The molecule has 0 saturated heterocycles. The van der Waals surface area contributed by atoms with E-state index < -0.39 is 0 Å². The molecule has 0 amide bonds. The van der Waals surface area contributed by atoms with Crippen molar-refractivity contribution in [3.05, 3.63) is 11.1 Å². The topological polar surface area (TPSA) is 42.2 Å². The number of thiazole rings is 1. The molecule has 1 heterocycles. The third kappa shape index (κ3) is 3.06. The summed E-state index contributed by atoms with van der Waals surface area (Å²) in [6.45, 7) is 4.38. The van der Waals surface area contributed by atoms with Gasteiger partial charge in [0.25, 0.3) is 0 Å². The van der Waals surface area contributed by atoms with Gasteiger partial charge in [-0.2, -0.15) is 0 Å². The highest BCUT2D eigenvalue weighted by molar-refractivity contribution is 7.15. The number of rotatable bonds is 4. The number of hydrogen-bond donors (Lipinski definition) is 1. The molecule has 1 aliphatic rings. The van der Waals surface area contributed by atoms with Gasteiger partial charge in [0, 0.05) is 23.7 Å². The largest absolute Gasteiger partial charge is 0.375 e. The molecule has 1 aromatic heterocycles. The fourth-order valence-corrected chi connectivity index (χ4v) is 2.56. The smallest absolute Gasteiger partial charge is 0.180 e. The zero-order valence-electron chi connectivity index (χ0n) is 8.98. The Labute approximate surface area is 101 Å². The Kier molecular flexibility index (Phi) is 4.83. The van der Waals surface area contributed by atoms with Crippen molar-refractivity contribution in [3.8, 4) is 0 Å². The van der Waals surface area contributed by atoms with Crippen LogP contribution in [0.3, 0.4) is 0 Å². The van der Waals surface area contributed by atoms with Crippen molar-refractivity contribution in [2.45, 2.75) is 38.8 Å². The summed E-state index contributed by atoms with van der Waals surface area (Å²) in [5.74, 6) is 0. The van der Waals surface area contributed by atoms with Crippen LogP contribution in [-0.4, -0.2) is 22.5 Å². The first-order valence-corrected chi connectivity index (χ1v) is 6.05. The second kappa shape index (κ2) is 5.68. The van der Waals surface area contributed by atoms with Crippen molar-refractivity contribution in [1.82, 2.24) is 9.88 Å². The van der Waals surface area contributed by atoms with Gasteiger partial charge in [-0.15, -0.1) is 23.7 Å². The summed E-state index contributed by atoms with van der Waals surface area (Å²) in [5.41, 5.74) is 5.61. The molecule has 3 nitrogen and oxygen atoms in total. The molecule has 2 rings (SSSR count). The van der Waals surface area contributed by atoms with E-state index in [9.17, 15) is 0 Å². The van der Waals surface area contributed by atoms with Gasteiger partial charge in [-0.25, -0.2) is 4.98 Å². The van der Waals surface area contributed by atoms with E-state index in [0.29, 0.717) is 5.13 Å². The Hall–Kier alpha value is -0.320. The Bertz CT molecular complexity index is 299. The fraction of sp³-hybridized carbons (Fsp3) is 0.700. The van der Waals surface area contributed by atoms with Gasteiger partial charge >= 0.3 is 0 Å². The predicted molar refractivity (Wildman–Crippen MR) is 67.5 cm³/mol. The van der Waals surface area contributed by atoms with Crippen molar-refractivity contribution in [2.24, 2.45) is 0 Å². The van der Waals surface area contributed by atoms with Crippen LogP contribution >= 0.6 is 23.7 Å². The van der Waals surface area contributed by atoms with E-state index in [-0.39, 0.29) is 12.4 Å². The number of anilines is 1. The lowest BCUT2D eigenvalue weighted by molar-refractivity contribution is 0.127. The van der Waals surface area contributed by atoms with Crippen molar-refractivity contribution < 1.29 is 0 Å². The monoisotopic (exact) mass is 247 g/mol. The summed E-state index contributed by atoms with van der Waals surface area (Å²) >= 11 is 1.61. The van der Waals surface area contributed by atoms with Crippen LogP contribution in [0.25, 0.3) is 0 Å². The van der Waals surface area contributed by atoms with Gasteiger partial charge in [0.15, 0.2) is 5.13 Å². The molecule has 1 saturated carbocycles. The molecule has 0 aromatic carbocycles. The second-order valence-corrected chi connectivity index (χ2v) is 4.96. The van der Waals surface area contributed by atoms with E-state index in [1.807, 2.05) is 6.20 Å². The summed E-state index contributed by atoms with van der Waals surface area (Å²) in [6, 6.07) is 0.809. The van der Waals surface area contributed by atoms with E-state index in [1.165, 1.54) is 24.1 Å². The van der Waals surface area contributed by atoms with Crippen LogP contribution in [0.1, 0.15) is 31.1 Å². The average molecular weight is 248 g/mol. The number of hydrogen-bond acceptors (Lipinski definition) is 4. The number of nitrogens with zero attached hydrogens (tertiary/aromatic N) is 2. The highest BCUT2D eigenvalue weighted by Crippen LogP contribution is 2.27. The SMILES string of the molecule is CCN(Cc1cnc(N)s1)C1CCC1.Cl. The van der Waals surface area contributed by atoms with Gasteiger partial charge in [0.1, 0.15) is 0 Å². The van der Waals surface area contributed by atoms with Crippen LogP contribution in [0, 0.1) is 0 Å². The van der Waals surface area contributed by atoms with Gasteiger partial charge < -0.3 is 5.73 Å². The lowest BCUT2D eigenvalue weighted by Gasteiger charge is -2.36. The van der Waals surface area contributed by atoms with E-state index in [4.69, 9.17) is 5.73 Å². The molecule has 1 aliphatic carbocycles. The second-order valence-electron chi connectivity index (χ2n) is 3.81. The highest BCUT2D eigenvalue weighted by Gasteiger charge is 2.23. The van der Waals surface area contributed by atoms with Gasteiger partial charge in [-0.05, 0) is 19.4 Å². The molecule has 0 aliphatic heterocycles. The molecule has 0 spiro atoms. The summed E-state index contributed by atoms with van der Waals surface area (Å²) in [5, 5.41) is 0.685. The van der Waals surface area contributed by atoms with Crippen molar-refractivity contribution in [2.75, 3.05) is 12.3 Å². The molecule has 15 heavy (non-hydrogen) atoms. The minimum atomic E-state index is 0. The molecule has 1 aromatic rings. The molecule has 0 radical (unpaired) electrons. The first-order chi connectivity index (χ1) is 6.79. The maximum atomic E-state index is 5.61. The number of halogens is 1. The molecule has 2 N–H and O–H groups in total. The Morgan fingerprint density at radius 1 is 1.60 bits per heavy atom. The summed E-state index contributed by atoms with van der Waals surface area (Å²) in [7, 11) is 0. The normalized spacial score (nSPS) is 16.1. The van der Waals surface area contributed by atoms with Crippen molar-refractivity contribution in [3.63, 3.8) is 0 Å². The van der Waals surface area contributed by atoms with Crippen LogP contribution < -0.4 is 5.73 Å². The Balaban J connectivity index is 0.00000112. The zero-order valence-corrected chi connectivity index (χ0v) is 10.6. The summed E-state index contributed by atoms with van der Waals surface area (Å²) in [4.78, 5) is 7.89. The highest BCUT2D eigenvalue weighted by atomic mass is 35.5. The Morgan fingerprint density at radius 2 is 2.33 bits per heavy atom. The predicted octanol–water partition coefficient (Wildman–Crippen LogP) is 2.52. The van der Waals surface area contributed by atoms with E-state index in [2.05, 4.69) is 16.8 Å². The van der Waals surface area contributed by atoms with Crippen molar-refractivity contribution in [1.29, 1.82) is 0 Å². The minimum Gasteiger partial charge on any atom is -0.375 e. The average Bonchev–Trinajstić information content (AvgIpc) is 2.47. The molecule has 0 bridgehead atoms. The molecular weight excluding hydrogens is 230 g/mol. The van der Waals surface area contributed by atoms with Gasteiger partial charge in [-0.3, -0.25) is 4.90 Å². The van der Waals surface area contributed by atoms with Crippen LogP contribution in [-0.2, 0) is 6.54 Å². The van der Waals surface area contributed by atoms with Gasteiger partial charge in [0.2, 0.25) is 0 Å². The van der Waals surface area contributed by atoms with Crippen LogP contribution in [0.2, 0.25) is 0 Å². The summed E-state index contributed by atoms with van der Waals surface area (Å²) in [6.07, 6.45) is 6.03. The molecule has 0 atom stereocenters. The van der Waals surface area contributed by atoms with Crippen LogP contribution in [0.15, 0.2) is 6.20 Å². The third-order valence-electron chi connectivity index (χ3n) is 2.93. The first kappa shape index (κ1) is 12.7. The minimum absolute atomic E-state index is 0. The lowest BCUT2D eigenvalue weighted by Crippen LogP contribution is -2.39. The zero-order chi connectivity index (χ0) is 9.97. The van der Waals surface area contributed by atoms with E-state index in [0.717, 1.165) is 19.1 Å². The fourth-order valence-electron chi connectivity index (χ4n) is 1.85. The molecular formula is C10H18ClN3S. The van der Waals surface area contributed by atoms with Gasteiger partial charge in [-0.1, -0.05) is 13.3 Å². The molecule has 86 valence electrons. The van der Waals surface area contributed by atoms with Gasteiger partial charge in [0.05, 0.1) is 0 Å². The Morgan fingerprint density at radius 3 is 2.73 bits per heavy atom. The standard InChI is InChI=1S/C10H17N3S.ClH/c1-2-13(8-4-3-5-8)7-9-6-12-10(11)14-9;/h6,8H,2-5,7H2,1H3,(H2,11,12);1H. The van der Waals surface area contributed by atoms with Crippen LogP contribution in [0.4, 0.5) is 5.13 Å². The lowest BCUT2D eigenvalue weighted by atomic mass is 9.91. The summed E-state index contributed by atoms with van der Waals surface area (Å²) < 4.78 is 0. The number of aromatic nitrogens is 1. The molecule has 0 unspecified atom stereocenters. The van der Waals surface area contributed by atoms with Crippen LogP contribution in [0.5, 0.6) is 0 Å². The van der Waals surface area contributed by atoms with Crippen molar-refractivity contribution >= 4 is 28.9 Å². The molecule has 5 heteroatoms. The molecule has 1 fully saturated rings. The maximum absolute atomic E-state index is 5.61. The number of nitrogen functional groups attached to an aromatic ring is 1. The van der Waals surface area contributed by atoms with E-state index >= 15 is 0 Å². The number of nitrogens with two attached hydrogens (primary N) is 1. The quantitative estimate of drug-likeness (QED) is 0.889.